The van der Waals surface area contributed by atoms with Gasteiger partial charge >= 0.3 is 12.3 Å². The van der Waals surface area contributed by atoms with Gasteiger partial charge in [0.05, 0.1) is 12.5 Å². The Bertz CT molecular complexity index is 1410. The quantitative estimate of drug-likeness (QED) is 0.397. The third kappa shape index (κ3) is 6.38. The third-order valence-corrected chi connectivity index (χ3v) is 7.18. The summed E-state index contributed by atoms with van der Waals surface area (Å²) in [5.74, 6) is -0.853. The number of carboxylic acids is 1. The number of aromatic nitrogens is 3. The van der Waals surface area contributed by atoms with E-state index in [0.29, 0.717) is 28.6 Å². The number of hydrogen-bond acceptors (Lipinski definition) is 7. The fraction of sp³-hybridized carbons (Fsp3) is 0.280. The van der Waals surface area contributed by atoms with Crippen molar-refractivity contribution in [2.24, 2.45) is 0 Å². The molecule has 0 amide bonds. The topological polar surface area (TPSA) is 104 Å². The average Bonchev–Trinajstić information content (AvgIpc) is 2.87. The van der Waals surface area contributed by atoms with Crippen molar-refractivity contribution in [3.8, 4) is 5.75 Å². The number of ether oxygens (including phenoxy) is 2. The Labute approximate surface area is 213 Å². The number of rotatable bonds is 9. The van der Waals surface area contributed by atoms with Crippen LogP contribution in [0.1, 0.15) is 18.4 Å². The van der Waals surface area contributed by atoms with Crippen molar-refractivity contribution in [2.75, 3.05) is 7.11 Å². The van der Waals surface area contributed by atoms with Gasteiger partial charge in [0, 0.05) is 19.0 Å². The Balaban J connectivity index is 1.54. The lowest BCUT2D eigenvalue weighted by Crippen LogP contribution is -2.38. The molecule has 0 spiro atoms. The number of allylic oxidation sites excluding steroid dienone is 2. The highest BCUT2D eigenvalue weighted by atomic mass is 32.2. The van der Waals surface area contributed by atoms with E-state index in [9.17, 15) is 27.9 Å². The first kappa shape index (κ1) is 26.4. The Hall–Kier alpha value is -3.64. The van der Waals surface area contributed by atoms with Crippen molar-refractivity contribution in [3.05, 3.63) is 82.7 Å². The normalized spacial score (nSPS) is 18.4. The second kappa shape index (κ2) is 10.8. The van der Waals surface area contributed by atoms with E-state index in [0.717, 1.165) is 10.2 Å². The molecule has 2 unspecified atom stereocenters. The second-order valence-corrected chi connectivity index (χ2v) is 9.65. The summed E-state index contributed by atoms with van der Waals surface area (Å²) in [6.45, 7) is -0.172. The first-order chi connectivity index (χ1) is 17.6. The lowest BCUT2D eigenvalue weighted by Gasteiger charge is -2.34. The van der Waals surface area contributed by atoms with Crippen LogP contribution in [0.3, 0.4) is 0 Å². The number of nitrogens with zero attached hydrogens (tertiary/aromatic N) is 3. The summed E-state index contributed by atoms with van der Waals surface area (Å²) in [5, 5.41) is 16.5. The van der Waals surface area contributed by atoms with Gasteiger partial charge < -0.3 is 9.84 Å². The minimum Gasteiger partial charge on any atom is -0.497 e. The molecule has 1 N–H and O–H groups in total. The van der Waals surface area contributed by atoms with E-state index in [2.05, 4.69) is 15.0 Å². The lowest BCUT2D eigenvalue weighted by atomic mass is 9.98. The summed E-state index contributed by atoms with van der Waals surface area (Å²) in [4.78, 5) is 22.8. The number of aryl methyl sites for hydroxylation is 1. The Morgan fingerprint density at radius 3 is 2.62 bits per heavy atom. The Morgan fingerprint density at radius 2 is 2.00 bits per heavy atom. The molecule has 2 atom stereocenters. The maximum atomic E-state index is 13.4. The third-order valence-electron chi connectivity index (χ3n) is 5.67. The summed E-state index contributed by atoms with van der Waals surface area (Å²) in [6.07, 6.45) is -1.09. The minimum atomic E-state index is -5.00. The van der Waals surface area contributed by atoms with E-state index < -0.39 is 28.1 Å². The monoisotopic (exact) mass is 533 g/mol. The fourth-order valence-corrected chi connectivity index (χ4v) is 5.15. The molecule has 0 fully saturated rings. The van der Waals surface area contributed by atoms with E-state index in [4.69, 9.17) is 4.74 Å². The van der Waals surface area contributed by atoms with Gasteiger partial charge in [0.1, 0.15) is 21.4 Å². The molecule has 4 rings (SSSR count). The molecular formula is C25H22F3N3O5S. The van der Waals surface area contributed by atoms with Crippen molar-refractivity contribution < 1.29 is 32.5 Å². The van der Waals surface area contributed by atoms with Crippen LogP contribution in [0, 0.1) is 0 Å². The molecule has 0 bridgehead atoms. The highest BCUT2D eigenvalue weighted by Crippen LogP contribution is 2.44. The van der Waals surface area contributed by atoms with Gasteiger partial charge in [-0.2, -0.15) is 0 Å². The first-order valence-electron chi connectivity index (χ1n) is 11.1. The van der Waals surface area contributed by atoms with Gasteiger partial charge in [-0.3, -0.25) is 14.3 Å². The van der Waals surface area contributed by atoms with Crippen LogP contribution in [0.4, 0.5) is 13.2 Å². The standard InChI is InChI=1S/C25H22F3N3O5S/c1-35-18-7-8-19-20(15-18)29-30-31(22(19)32)14-11-21(23(33)34)37-24(36-25(26,27)28)12-9-17(10-13-24)16-5-3-2-4-6-16/h2-10,12,15,21H,11,13-14H2,1H3,(H,33,34). The fourth-order valence-electron chi connectivity index (χ4n) is 3.88. The van der Waals surface area contributed by atoms with Crippen LogP contribution in [0.15, 0.2) is 71.6 Å². The predicted octanol–water partition coefficient (Wildman–Crippen LogP) is 4.65. The molecule has 1 aromatic heterocycles. The van der Waals surface area contributed by atoms with E-state index in [-0.39, 0.29) is 24.8 Å². The molecule has 0 saturated carbocycles. The summed E-state index contributed by atoms with van der Waals surface area (Å²) in [6, 6.07) is 13.7. The number of alkyl halides is 3. The molecule has 194 valence electrons. The zero-order valence-electron chi connectivity index (χ0n) is 19.5. The number of hydrogen-bond donors (Lipinski definition) is 1. The molecule has 1 aliphatic carbocycles. The maximum Gasteiger partial charge on any atom is 0.524 e. The zero-order chi connectivity index (χ0) is 26.6. The molecule has 3 aromatic rings. The van der Waals surface area contributed by atoms with Gasteiger partial charge in [-0.15, -0.1) is 30.0 Å². The van der Waals surface area contributed by atoms with E-state index in [1.54, 1.807) is 24.3 Å². The summed E-state index contributed by atoms with van der Waals surface area (Å²) in [5.41, 5.74) is 1.31. The average molecular weight is 534 g/mol. The Morgan fingerprint density at radius 1 is 1.24 bits per heavy atom. The van der Waals surface area contributed by atoms with Gasteiger partial charge in [-0.1, -0.05) is 47.7 Å². The molecule has 8 nitrogen and oxygen atoms in total. The molecule has 0 radical (unpaired) electrons. The molecule has 0 saturated heterocycles. The number of methoxy groups -OCH3 is 1. The van der Waals surface area contributed by atoms with Crippen molar-refractivity contribution in [3.63, 3.8) is 0 Å². The van der Waals surface area contributed by atoms with Gasteiger partial charge in [0.25, 0.3) is 5.56 Å². The van der Waals surface area contributed by atoms with E-state index in [1.807, 2.05) is 18.2 Å². The van der Waals surface area contributed by atoms with Crippen LogP contribution in [0.5, 0.6) is 5.75 Å². The second-order valence-electron chi connectivity index (χ2n) is 8.16. The molecule has 37 heavy (non-hydrogen) atoms. The van der Waals surface area contributed by atoms with Crippen LogP contribution in [-0.2, 0) is 16.1 Å². The molecule has 0 aliphatic heterocycles. The van der Waals surface area contributed by atoms with Crippen molar-refractivity contribution in [1.82, 2.24) is 15.0 Å². The number of aliphatic carboxylic acids is 1. The molecule has 2 aromatic carbocycles. The lowest BCUT2D eigenvalue weighted by molar-refractivity contribution is -0.342. The number of halogens is 3. The van der Waals surface area contributed by atoms with Gasteiger partial charge in [-0.25, -0.2) is 4.68 Å². The van der Waals surface area contributed by atoms with Gasteiger partial charge in [0.2, 0.25) is 0 Å². The number of thioether (sulfide) groups is 1. The highest BCUT2D eigenvalue weighted by Gasteiger charge is 2.45. The smallest absolute Gasteiger partial charge is 0.497 e. The molecule has 1 aliphatic rings. The van der Waals surface area contributed by atoms with Crippen molar-refractivity contribution in [2.45, 2.75) is 35.9 Å². The van der Waals surface area contributed by atoms with Crippen molar-refractivity contribution >= 4 is 34.2 Å². The minimum absolute atomic E-state index is 0.172. The molecule has 12 heteroatoms. The molecular weight excluding hydrogens is 511 g/mol. The van der Waals surface area contributed by atoms with Crippen LogP contribution >= 0.6 is 11.8 Å². The number of benzene rings is 2. The highest BCUT2D eigenvalue weighted by molar-refractivity contribution is 8.01. The Kier molecular flexibility index (Phi) is 7.69. The van der Waals surface area contributed by atoms with Crippen LogP contribution in [0.25, 0.3) is 16.5 Å². The van der Waals surface area contributed by atoms with Crippen molar-refractivity contribution in [1.29, 1.82) is 0 Å². The largest absolute Gasteiger partial charge is 0.524 e. The number of fused-ring (bicyclic) bond motifs is 1. The van der Waals surface area contributed by atoms with E-state index >= 15 is 0 Å². The SMILES string of the molecule is COc1ccc2c(=O)n(CCC(SC3(OC(F)(F)F)C=CC(c4ccccc4)=CC3)C(=O)O)nnc2c1. The maximum absolute atomic E-state index is 13.4. The summed E-state index contributed by atoms with van der Waals surface area (Å²) < 4.78 is 50.6. The van der Waals surface area contributed by atoms with Gasteiger partial charge in [0.15, 0.2) is 0 Å². The van der Waals surface area contributed by atoms with Crippen LogP contribution < -0.4 is 10.3 Å². The van der Waals surface area contributed by atoms with E-state index in [1.165, 1.54) is 31.4 Å². The number of carbonyl (C=O) groups is 1. The zero-order valence-corrected chi connectivity index (χ0v) is 20.3. The first-order valence-corrected chi connectivity index (χ1v) is 12.0. The summed E-state index contributed by atoms with van der Waals surface area (Å²) in [7, 11) is 1.47. The van der Waals surface area contributed by atoms with Gasteiger partial charge in [-0.05, 0) is 35.8 Å². The van der Waals surface area contributed by atoms with Crippen LogP contribution in [0.2, 0.25) is 0 Å². The predicted molar refractivity (Wildman–Crippen MR) is 132 cm³/mol. The molecule has 1 heterocycles. The number of carboxylic acid groups (broad SMARTS) is 1. The summed E-state index contributed by atoms with van der Waals surface area (Å²) >= 11 is 0.526. The van der Waals surface area contributed by atoms with Crippen LogP contribution in [-0.4, -0.2) is 49.7 Å².